The SMILES string of the molecule is CC(C)(I)c1noc(=O)[nH]1. The predicted octanol–water partition coefficient (Wildman–Crippen LogP) is 1.03. The largest absolute Gasteiger partial charge is 0.438 e. The second kappa shape index (κ2) is 2.37. The molecule has 0 radical (unpaired) electrons. The van der Waals surface area contributed by atoms with Gasteiger partial charge in [0.2, 0.25) is 0 Å². The molecule has 0 saturated carbocycles. The summed E-state index contributed by atoms with van der Waals surface area (Å²) in [6, 6.07) is 0. The van der Waals surface area contributed by atoms with E-state index in [0.717, 1.165) is 0 Å². The summed E-state index contributed by atoms with van der Waals surface area (Å²) in [5, 5.41) is 3.54. The van der Waals surface area contributed by atoms with Crippen LogP contribution in [0.25, 0.3) is 0 Å². The Hall–Kier alpha value is -0.330. The van der Waals surface area contributed by atoms with Gasteiger partial charge in [-0.3, -0.25) is 9.51 Å². The molecule has 0 aliphatic carbocycles. The minimum absolute atomic E-state index is 0.177. The Kier molecular flexibility index (Phi) is 1.84. The van der Waals surface area contributed by atoms with E-state index in [2.05, 4.69) is 37.3 Å². The van der Waals surface area contributed by atoms with Gasteiger partial charge in [-0.15, -0.1) is 0 Å². The number of H-pyrrole nitrogens is 1. The van der Waals surface area contributed by atoms with E-state index in [9.17, 15) is 4.79 Å². The molecule has 5 heteroatoms. The lowest BCUT2D eigenvalue weighted by Gasteiger charge is -2.08. The Morgan fingerprint density at radius 1 is 1.70 bits per heavy atom. The second-order valence-electron chi connectivity index (χ2n) is 2.42. The van der Waals surface area contributed by atoms with Crippen LogP contribution in [-0.4, -0.2) is 10.1 Å². The van der Waals surface area contributed by atoms with E-state index in [1.54, 1.807) is 0 Å². The first-order valence-corrected chi connectivity index (χ1v) is 3.83. The van der Waals surface area contributed by atoms with Gasteiger partial charge in [0.1, 0.15) is 0 Å². The summed E-state index contributed by atoms with van der Waals surface area (Å²) in [7, 11) is 0. The summed E-state index contributed by atoms with van der Waals surface area (Å²) in [5.41, 5.74) is 0. The zero-order valence-electron chi connectivity index (χ0n) is 5.64. The summed E-state index contributed by atoms with van der Waals surface area (Å²) >= 11 is 2.16. The highest BCUT2D eigenvalue weighted by molar-refractivity contribution is 14.1. The van der Waals surface area contributed by atoms with Gasteiger partial charge in [0.25, 0.3) is 0 Å². The van der Waals surface area contributed by atoms with Crippen molar-refractivity contribution in [3.63, 3.8) is 0 Å². The molecule has 1 N–H and O–H groups in total. The van der Waals surface area contributed by atoms with Crippen LogP contribution in [0.1, 0.15) is 19.7 Å². The van der Waals surface area contributed by atoms with Crippen LogP contribution >= 0.6 is 22.6 Å². The highest BCUT2D eigenvalue weighted by Gasteiger charge is 2.20. The first-order chi connectivity index (χ1) is 4.50. The third-order valence-corrected chi connectivity index (χ3v) is 1.51. The lowest BCUT2D eigenvalue weighted by atomic mass is 10.2. The van der Waals surface area contributed by atoms with Gasteiger partial charge in [0.05, 0.1) is 3.42 Å². The zero-order chi connectivity index (χ0) is 7.78. The van der Waals surface area contributed by atoms with Crippen LogP contribution in [0, 0.1) is 0 Å². The average Bonchev–Trinajstić information content (AvgIpc) is 2.11. The molecule has 0 fully saturated rings. The van der Waals surface area contributed by atoms with Gasteiger partial charge in [-0.05, 0) is 13.8 Å². The van der Waals surface area contributed by atoms with Crippen LogP contribution in [-0.2, 0) is 3.42 Å². The zero-order valence-corrected chi connectivity index (χ0v) is 7.80. The van der Waals surface area contributed by atoms with Crippen LogP contribution in [0.3, 0.4) is 0 Å². The average molecular weight is 254 g/mol. The molecule has 1 heterocycles. The Morgan fingerprint density at radius 3 is 2.50 bits per heavy atom. The number of hydrogen-bond donors (Lipinski definition) is 1. The molecule has 0 aromatic carbocycles. The van der Waals surface area contributed by atoms with Crippen molar-refractivity contribution in [3.05, 3.63) is 16.4 Å². The maximum Gasteiger partial charge on any atom is 0.438 e. The number of alkyl halides is 1. The maximum absolute atomic E-state index is 10.4. The van der Waals surface area contributed by atoms with Gasteiger partial charge in [0.15, 0.2) is 5.82 Å². The number of aromatic nitrogens is 2. The lowest BCUT2D eigenvalue weighted by molar-refractivity contribution is 0.378. The molecule has 4 nitrogen and oxygen atoms in total. The number of rotatable bonds is 1. The fourth-order valence-corrected chi connectivity index (χ4v) is 0.720. The molecule has 1 rings (SSSR count). The van der Waals surface area contributed by atoms with E-state index in [1.165, 1.54) is 0 Å². The van der Waals surface area contributed by atoms with Crippen molar-refractivity contribution in [2.75, 3.05) is 0 Å². The third-order valence-electron chi connectivity index (χ3n) is 1.00. The molecular formula is C5H7IN2O2. The summed E-state index contributed by atoms with van der Waals surface area (Å²) < 4.78 is 4.15. The minimum Gasteiger partial charge on any atom is -0.296 e. The normalized spacial score (nSPS) is 11.9. The maximum atomic E-state index is 10.4. The second-order valence-corrected chi connectivity index (χ2v) is 5.11. The lowest BCUT2D eigenvalue weighted by Crippen LogP contribution is -2.10. The highest BCUT2D eigenvalue weighted by Crippen LogP contribution is 2.26. The Labute approximate surface area is 71.1 Å². The van der Waals surface area contributed by atoms with Crippen molar-refractivity contribution >= 4 is 22.6 Å². The molecule has 0 aliphatic rings. The van der Waals surface area contributed by atoms with Gasteiger partial charge in [-0.1, -0.05) is 27.7 Å². The molecule has 0 bridgehead atoms. The summed E-state index contributed by atoms with van der Waals surface area (Å²) in [5.74, 6) is 0.0674. The summed E-state index contributed by atoms with van der Waals surface area (Å²) in [6.07, 6.45) is 0. The fourth-order valence-electron chi connectivity index (χ4n) is 0.487. The molecule has 1 aromatic rings. The van der Waals surface area contributed by atoms with Crippen molar-refractivity contribution in [1.82, 2.24) is 10.1 Å². The number of nitrogens with zero attached hydrogens (tertiary/aromatic N) is 1. The molecule has 0 aliphatic heterocycles. The molecule has 0 saturated heterocycles. The van der Waals surface area contributed by atoms with E-state index in [4.69, 9.17) is 0 Å². The van der Waals surface area contributed by atoms with E-state index in [0.29, 0.717) is 5.82 Å². The number of aromatic amines is 1. The van der Waals surface area contributed by atoms with Gasteiger partial charge in [-0.2, -0.15) is 0 Å². The van der Waals surface area contributed by atoms with E-state index in [-0.39, 0.29) is 3.42 Å². The molecule has 0 amide bonds. The van der Waals surface area contributed by atoms with Crippen molar-refractivity contribution < 1.29 is 4.52 Å². The Morgan fingerprint density at radius 2 is 2.30 bits per heavy atom. The topological polar surface area (TPSA) is 58.9 Å². The first kappa shape index (κ1) is 7.77. The quantitative estimate of drug-likeness (QED) is 0.601. The van der Waals surface area contributed by atoms with Gasteiger partial charge in [-0.25, -0.2) is 4.79 Å². The molecule has 0 atom stereocenters. The number of halogens is 1. The van der Waals surface area contributed by atoms with E-state index >= 15 is 0 Å². The molecule has 0 spiro atoms. The van der Waals surface area contributed by atoms with Crippen LogP contribution < -0.4 is 5.76 Å². The van der Waals surface area contributed by atoms with Gasteiger partial charge < -0.3 is 0 Å². The Balaban J connectivity index is 3.07. The molecule has 10 heavy (non-hydrogen) atoms. The van der Waals surface area contributed by atoms with Crippen molar-refractivity contribution in [2.45, 2.75) is 17.3 Å². The van der Waals surface area contributed by atoms with Crippen molar-refractivity contribution in [2.24, 2.45) is 0 Å². The molecule has 0 unspecified atom stereocenters. The minimum atomic E-state index is -0.500. The fraction of sp³-hybridized carbons (Fsp3) is 0.600. The molecule has 56 valence electrons. The van der Waals surface area contributed by atoms with Crippen LogP contribution in [0.4, 0.5) is 0 Å². The number of hydrogen-bond acceptors (Lipinski definition) is 3. The van der Waals surface area contributed by atoms with E-state index in [1.807, 2.05) is 13.8 Å². The third kappa shape index (κ3) is 1.59. The monoisotopic (exact) mass is 254 g/mol. The predicted molar refractivity (Wildman–Crippen MR) is 44.2 cm³/mol. The molecular weight excluding hydrogens is 247 g/mol. The standard InChI is InChI=1S/C5H7IN2O2/c1-5(2,6)3-7-4(9)10-8-3/h1-2H3,(H,7,8,9). The van der Waals surface area contributed by atoms with Gasteiger partial charge >= 0.3 is 5.76 Å². The summed E-state index contributed by atoms with van der Waals surface area (Å²) in [4.78, 5) is 12.9. The van der Waals surface area contributed by atoms with E-state index < -0.39 is 5.76 Å². The van der Waals surface area contributed by atoms with Crippen molar-refractivity contribution in [1.29, 1.82) is 0 Å². The molecule has 1 aromatic heterocycles. The van der Waals surface area contributed by atoms with Gasteiger partial charge in [0, 0.05) is 0 Å². The van der Waals surface area contributed by atoms with Crippen LogP contribution in [0.2, 0.25) is 0 Å². The Bertz CT molecular complexity index is 270. The number of nitrogens with one attached hydrogen (secondary N) is 1. The van der Waals surface area contributed by atoms with Crippen molar-refractivity contribution in [3.8, 4) is 0 Å². The summed E-state index contributed by atoms with van der Waals surface area (Å²) in [6.45, 7) is 3.86. The van der Waals surface area contributed by atoms with Crippen LogP contribution in [0.5, 0.6) is 0 Å². The highest BCUT2D eigenvalue weighted by atomic mass is 127. The first-order valence-electron chi connectivity index (χ1n) is 2.75. The smallest absolute Gasteiger partial charge is 0.296 e. The van der Waals surface area contributed by atoms with Crippen LogP contribution in [0.15, 0.2) is 9.32 Å².